The van der Waals surface area contributed by atoms with Crippen LogP contribution in [-0.2, 0) is 0 Å². The monoisotopic (exact) mass is 547 g/mol. The molecule has 0 radical (unpaired) electrons. The quantitative estimate of drug-likeness (QED) is 0.402. The fourth-order valence-corrected chi connectivity index (χ4v) is 6.32. The van der Waals surface area contributed by atoms with E-state index in [4.69, 9.17) is 26.3 Å². The summed E-state index contributed by atoms with van der Waals surface area (Å²) in [5.41, 5.74) is 1.13. The first kappa shape index (κ1) is 26.0. The Morgan fingerprint density at radius 3 is 2.51 bits per heavy atom. The Labute approximate surface area is 232 Å². The van der Waals surface area contributed by atoms with Crippen LogP contribution in [0.15, 0.2) is 41.2 Å². The Balaban J connectivity index is 1.56. The van der Waals surface area contributed by atoms with Crippen LogP contribution in [0.4, 0.5) is 5.82 Å². The zero-order chi connectivity index (χ0) is 27.3. The predicted molar refractivity (Wildman–Crippen MR) is 156 cm³/mol. The summed E-state index contributed by atoms with van der Waals surface area (Å²) in [5.74, 6) is 1.18. The molecule has 0 aliphatic carbocycles. The molecule has 9 nitrogen and oxygen atoms in total. The Kier molecular flexibility index (Phi) is 6.91. The van der Waals surface area contributed by atoms with E-state index in [1.165, 1.54) is 0 Å². The fourth-order valence-electron chi connectivity index (χ4n) is 6.04. The number of aryl methyl sites for hydroxylation is 1. The number of hydrogen-bond acceptors (Lipinski definition) is 8. The van der Waals surface area contributed by atoms with Crippen LogP contribution in [-0.4, -0.2) is 75.8 Å². The summed E-state index contributed by atoms with van der Waals surface area (Å²) < 4.78 is 7.79. The van der Waals surface area contributed by atoms with Gasteiger partial charge in [0, 0.05) is 36.6 Å². The van der Waals surface area contributed by atoms with E-state index in [1.54, 1.807) is 4.57 Å². The van der Waals surface area contributed by atoms with Crippen molar-refractivity contribution in [3.8, 4) is 11.7 Å². The molecule has 0 saturated carbocycles. The van der Waals surface area contributed by atoms with Gasteiger partial charge in [0.1, 0.15) is 17.9 Å². The number of rotatable bonds is 5. The Morgan fingerprint density at radius 2 is 1.79 bits per heavy atom. The minimum atomic E-state index is -0.271. The zero-order valence-corrected chi connectivity index (χ0v) is 23.6. The molecule has 0 bridgehead atoms. The Hall–Kier alpha value is -3.27. The third-order valence-corrected chi connectivity index (χ3v) is 8.39. The third kappa shape index (κ3) is 4.62. The van der Waals surface area contributed by atoms with Crippen molar-refractivity contribution >= 4 is 39.2 Å². The second-order valence-corrected chi connectivity index (χ2v) is 11.2. The number of nitrogens with zero attached hydrogens (tertiary/aromatic N) is 6. The third-order valence-electron chi connectivity index (χ3n) is 8.07. The topological polar surface area (TPSA) is 88.4 Å². The van der Waals surface area contributed by atoms with Crippen LogP contribution in [0, 0.1) is 6.92 Å². The molecule has 4 aromatic rings. The highest BCUT2D eigenvalue weighted by molar-refractivity contribution is 6.36. The van der Waals surface area contributed by atoms with Crippen molar-refractivity contribution in [3.05, 3.63) is 57.6 Å². The van der Waals surface area contributed by atoms with Crippen molar-refractivity contribution in [1.82, 2.24) is 29.7 Å². The molecule has 3 atom stereocenters. The largest absolute Gasteiger partial charge is 0.462 e. The molecule has 2 aliphatic rings. The minimum Gasteiger partial charge on any atom is -0.462 e. The second-order valence-electron chi connectivity index (χ2n) is 10.8. The molecule has 2 aromatic carbocycles. The van der Waals surface area contributed by atoms with Crippen LogP contribution < -0.4 is 20.5 Å². The number of aromatic nitrogens is 4. The first-order valence-electron chi connectivity index (χ1n) is 13.6. The van der Waals surface area contributed by atoms with E-state index in [9.17, 15) is 4.79 Å². The molecule has 0 spiro atoms. The van der Waals surface area contributed by atoms with E-state index in [0.717, 1.165) is 43.2 Å². The maximum absolute atomic E-state index is 14.3. The predicted octanol–water partition coefficient (Wildman–Crippen LogP) is 3.95. The van der Waals surface area contributed by atoms with Gasteiger partial charge >= 0.3 is 6.01 Å². The molecule has 2 saturated heterocycles. The minimum absolute atomic E-state index is 0.155. The average Bonchev–Trinajstić information content (AvgIpc) is 3.32. The summed E-state index contributed by atoms with van der Waals surface area (Å²) >= 11 is 6.64. The van der Waals surface area contributed by atoms with Crippen LogP contribution in [0.25, 0.3) is 27.5 Å². The van der Waals surface area contributed by atoms with Gasteiger partial charge in [0.15, 0.2) is 11.3 Å². The van der Waals surface area contributed by atoms with Crippen molar-refractivity contribution in [3.63, 3.8) is 0 Å². The first-order chi connectivity index (χ1) is 18.8. The zero-order valence-electron chi connectivity index (χ0n) is 22.8. The number of likely N-dealkylation sites (tertiary alicyclic amines) is 1. The van der Waals surface area contributed by atoms with E-state index in [2.05, 4.69) is 41.0 Å². The standard InChI is InChI=1S/C29H34ClN7O2/c1-17-14-31-15-18(2)36(17)27-25-26(33-29(34-27)39-16-21-10-7-13-35(21)4)28(38)37(19(3)32-25)23-12-6-9-20-8-5-11-22(30)24(20)23/h5-6,8-9,11-12,17-18,21,31H,7,10,13-16H2,1-4H3/t17-,18-,21?/m0/s1. The van der Waals surface area contributed by atoms with Gasteiger partial charge in [-0.15, -0.1) is 0 Å². The van der Waals surface area contributed by atoms with Gasteiger partial charge in [0.25, 0.3) is 5.56 Å². The highest BCUT2D eigenvalue weighted by atomic mass is 35.5. The van der Waals surface area contributed by atoms with Crippen molar-refractivity contribution in [2.75, 3.05) is 38.2 Å². The molecule has 2 aromatic heterocycles. The van der Waals surface area contributed by atoms with Gasteiger partial charge in [-0.3, -0.25) is 9.36 Å². The van der Waals surface area contributed by atoms with Gasteiger partial charge in [-0.2, -0.15) is 9.97 Å². The van der Waals surface area contributed by atoms with Gasteiger partial charge in [-0.25, -0.2) is 4.98 Å². The number of anilines is 1. The van der Waals surface area contributed by atoms with Crippen molar-refractivity contribution in [2.45, 2.75) is 51.7 Å². The van der Waals surface area contributed by atoms with Crippen molar-refractivity contribution in [1.29, 1.82) is 0 Å². The van der Waals surface area contributed by atoms with Gasteiger partial charge in [-0.05, 0) is 64.7 Å². The number of piperazine rings is 1. The molecular formula is C29H34ClN7O2. The number of hydrogen-bond donors (Lipinski definition) is 1. The van der Waals surface area contributed by atoms with E-state index in [-0.39, 0.29) is 29.2 Å². The highest BCUT2D eigenvalue weighted by Crippen LogP contribution is 2.32. The van der Waals surface area contributed by atoms with Gasteiger partial charge in [-0.1, -0.05) is 35.9 Å². The van der Waals surface area contributed by atoms with E-state index in [0.29, 0.717) is 40.5 Å². The lowest BCUT2D eigenvalue weighted by Crippen LogP contribution is -2.55. The maximum Gasteiger partial charge on any atom is 0.319 e. The molecule has 1 N–H and O–H groups in total. The average molecular weight is 548 g/mol. The number of likely N-dealkylation sites (N-methyl/N-ethyl adjacent to an activating group) is 1. The second kappa shape index (κ2) is 10.4. The van der Waals surface area contributed by atoms with Crippen molar-refractivity contribution in [2.24, 2.45) is 0 Å². The molecule has 10 heteroatoms. The number of benzene rings is 2. The molecule has 0 amide bonds. The number of fused-ring (bicyclic) bond motifs is 2. The summed E-state index contributed by atoms with van der Waals surface area (Å²) in [5, 5.41) is 5.79. The van der Waals surface area contributed by atoms with Gasteiger partial charge in [0.2, 0.25) is 0 Å². The first-order valence-corrected chi connectivity index (χ1v) is 14.0. The molecule has 204 valence electrons. The van der Waals surface area contributed by atoms with E-state index >= 15 is 0 Å². The number of nitrogens with one attached hydrogen (secondary N) is 1. The molecule has 4 heterocycles. The van der Waals surface area contributed by atoms with Crippen LogP contribution in [0.5, 0.6) is 6.01 Å². The smallest absolute Gasteiger partial charge is 0.319 e. The molecule has 1 unspecified atom stereocenters. The summed E-state index contributed by atoms with van der Waals surface area (Å²) in [4.78, 5) is 33.3. The summed E-state index contributed by atoms with van der Waals surface area (Å²) in [7, 11) is 2.11. The highest BCUT2D eigenvalue weighted by Gasteiger charge is 2.31. The lowest BCUT2D eigenvalue weighted by molar-refractivity contribution is 0.188. The van der Waals surface area contributed by atoms with Gasteiger partial charge < -0.3 is 19.9 Å². The molecule has 2 aliphatic heterocycles. The fraction of sp³-hybridized carbons (Fsp3) is 0.448. The van der Waals surface area contributed by atoms with Crippen LogP contribution in [0.1, 0.15) is 32.5 Å². The van der Waals surface area contributed by atoms with E-state index in [1.807, 2.05) is 43.3 Å². The number of ether oxygens (including phenoxy) is 1. The summed E-state index contributed by atoms with van der Waals surface area (Å²) in [6.45, 7) is 9.28. The Morgan fingerprint density at radius 1 is 1.05 bits per heavy atom. The normalized spacial score (nSPS) is 22.2. The van der Waals surface area contributed by atoms with Crippen LogP contribution in [0.3, 0.4) is 0 Å². The maximum atomic E-state index is 14.3. The lowest BCUT2D eigenvalue weighted by atomic mass is 10.1. The molecule has 6 rings (SSSR count). The van der Waals surface area contributed by atoms with E-state index < -0.39 is 0 Å². The summed E-state index contributed by atoms with van der Waals surface area (Å²) in [6, 6.07) is 12.3. The molecule has 39 heavy (non-hydrogen) atoms. The Bertz CT molecular complexity index is 1590. The van der Waals surface area contributed by atoms with Crippen LogP contribution >= 0.6 is 11.6 Å². The molecular weight excluding hydrogens is 514 g/mol. The SMILES string of the molecule is Cc1nc2c(N3[C@@H](C)CNC[C@@H]3C)nc(OCC3CCCN3C)nc2c(=O)n1-c1cccc2cccc(Cl)c12. The van der Waals surface area contributed by atoms with Crippen molar-refractivity contribution < 1.29 is 4.74 Å². The number of halogens is 1. The summed E-state index contributed by atoms with van der Waals surface area (Å²) in [6.07, 6.45) is 2.21. The van der Waals surface area contributed by atoms with Gasteiger partial charge in [0.05, 0.1) is 10.7 Å². The van der Waals surface area contributed by atoms with Crippen LogP contribution in [0.2, 0.25) is 5.02 Å². The lowest BCUT2D eigenvalue weighted by Gasteiger charge is -2.40. The molecule has 2 fully saturated rings.